The van der Waals surface area contributed by atoms with Crippen LogP contribution >= 0.6 is 0 Å². The van der Waals surface area contributed by atoms with Gasteiger partial charge in [0.15, 0.2) is 0 Å². The summed E-state index contributed by atoms with van der Waals surface area (Å²) in [5.41, 5.74) is -0.515. The van der Waals surface area contributed by atoms with Crippen molar-refractivity contribution in [3.8, 4) is 0 Å². The van der Waals surface area contributed by atoms with E-state index in [0.29, 0.717) is 19.6 Å². The maximum atomic E-state index is 12.2. The van der Waals surface area contributed by atoms with Gasteiger partial charge in [-0.3, -0.25) is 4.79 Å². The van der Waals surface area contributed by atoms with Crippen LogP contribution in [0.1, 0.15) is 41.0 Å². The Kier molecular flexibility index (Phi) is 7.28. The number of nitrogens with zero attached hydrogens (tertiary/aromatic N) is 1. The normalized spacial score (nSPS) is 21.1. The van der Waals surface area contributed by atoms with Gasteiger partial charge in [-0.25, -0.2) is 4.79 Å². The highest BCUT2D eigenvalue weighted by molar-refractivity contribution is 5.78. The van der Waals surface area contributed by atoms with E-state index < -0.39 is 5.60 Å². The predicted molar refractivity (Wildman–Crippen MR) is 88.3 cm³/mol. The lowest BCUT2D eigenvalue weighted by Gasteiger charge is -2.48. The number of rotatable bonds is 7. The fraction of sp³-hybridized carbons (Fsp3) is 0.875. The van der Waals surface area contributed by atoms with E-state index in [1.54, 1.807) is 12.0 Å². The van der Waals surface area contributed by atoms with E-state index in [0.717, 1.165) is 0 Å². The third kappa shape index (κ3) is 6.74. The van der Waals surface area contributed by atoms with Gasteiger partial charge in [-0.1, -0.05) is 0 Å². The van der Waals surface area contributed by atoms with Crippen molar-refractivity contribution in [1.82, 2.24) is 15.5 Å². The van der Waals surface area contributed by atoms with Gasteiger partial charge in [-0.05, 0) is 41.0 Å². The first-order valence-corrected chi connectivity index (χ1v) is 8.15. The Morgan fingerprint density at radius 3 is 2.48 bits per heavy atom. The van der Waals surface area contributed by atoms with E-state index in [-0.39, 0.29) is 36.7 Å². The molecular weight excluding hydrogens is 298 g/mol. The van der Waals surface area contributed by atoms with Gasteiger partial charge < -0.3 is 25.0 Å². The molecule has 0 bridgehead atoms. The molecule has 7 heteroatoms. The molecule has 2 unspecified atom stereocenters. The van der Waals surface area contributed by atoms with Crippen LogP contribution in [-0.4, -0.2) is 67.4 Å². The van der Waals surface area contributed by atoms with E-state index in [2.05, 4.69) is 10.6 Å². The average molecular weight is 329 g/mol. The van der Waals surface area contributed by atoms with E-state index >= 15 is 0 Å². The van der Waals surface area contributed by atoms with Crippen LogP contribution in [0.15, 0.2) is 0 Å². The molecule has 1 aliphatic heterocycles. The lowest BCUT2D eigenvalue weighted by Crippen LogP contribution is -2.68. The van der Waals surface area contributed by atoms with Gasteiger partial charge in [-0.15, -0.1) is 0 Å². The van der Waals surface area contributed by atoms with Gasteiger partial charge in [0.05, 0.1) is 12.6 Å². The first kappa shape index (κ1) is 19.7. The van der Waals surface area contributed by atoms with Crippen LogP contribution < -0.4 is 10.6 Å². The highest BCUT2D eigenvalue weighted by Gasteiger charge is 2.43. The molecular formula is C16H31N3O4. The third-order valence-electron chi connectivity index (χ3n) is 3.48. The molecule has 0 aliphatic carbocycles. The summed E-state index contributed by atoms with van der Waals surface area (Å²) >= 11 is 0. The molecule has 0 aromatic heterocycles. The van der Waals surface area contributed by atoms with Crippen molar-refractivity contribution in [1.29, 1.82) is 0 Å². The SMILES string of the molecule is COCCC1C(NCC(=O)NC(C)C)CN1C(=O)OC(C)(C)C. The zero-order valence-corrected chi connectivity index (χ0v) is 15.1. The van der Waals surface area contributed by atoms with Gasteiger partial charge in [-0.2, -0.15) is 0 Å². The maximum Gasteiger partial charge on any atom is 0.410 e. The van der Waals surface area contributed by atoms with E-state index in [1.165, 1.54) is 0 Å². The molecule has 0 spiro atoms. The first-order valence-electron chi connectivity index (χ1n) is 8.15. The number of hydrogen-bond donors (Lipinski definition) is 2. The Hall–Kier alpha value is -1.34. The molecule has 0 aromatic carbocycles. The lowest BCUT2D eigenvalue weighted by molar-refractivity contribution is -0.121. The van der Waals surface area contributed by atoms with Gasteiger partial charge in [0.2, 0.25) is 5.91 Å². The fourth-order valence-electron chi connectivity index (χ4n) is 2.47. The molecule has 23 heavy (non-hydrogen) atoms. The number of methoxy groups -OCH3 is 1. The molecule has 1 saturated heterocycles. The minimum atomic E-state index is -0.515. The summed E-state index contributed by atoms with van der Waals surface area (Å²) < 4.78 is 10.5. The smallest absolute Gasteiger partial charge is 0.410 e. The van der Waals surface area contributed by atoms with Gasteiger partial charge >= 0.3 is 6.09 Å². The van der Waals surface area contributed by atoms with Gasteiger partial charge in [0, 0.05) is 32.3 Å². The largest absolute Gasteiger partial charge is 0.444 e. The number of likely N-dealkylation sites (tertiary alicyclic amines) is 1. The van der Waals surface area contributed by atoms with Crippen molar-refractivity contribution in [2.45, 2.75) is 64.8 Å². The number of amides is 2. The van der Waals surface area contributed by atoms with Gasteiger partial charge in [0.1, 0.15) is 5.60 Å². The van der Waals surface area contributed by atoms with Crippen molar-refractivity contribution in [2.75, 3.05) is 26.8 Å². The van der Waals surface area contributed by atoms with Gasteiger partial charge in [0.25, 0.3) is 0 Å². The highest BCUT2D eigenvalue weighted by atomic mass is 16.6. The second kappa shape index (κ2) is 8.49. The van der Waals surface area contributed by atoms with Crippen molar-refractivity contribution >= 4 is 12.0 Å². The molecule has 1 heterocycles. The zero-order valence-electron chi connectivity index (χ0n) is 15.1. The summed E-state index contributed by atoms with van der Waals surface area (Å²) in [6, 6.07) is 0.181. The standard InChI is InChI=1S/C16H31N3O4/c1-11(2)18-14(20)9-17-12-10-19(13(12)7-8-22-6)15(21)23-16(3,4)5/h11-13,17H,7-10H2,1-6H3,(H,18,20). The number of carbonyl (C=O) groups excluding carboxylic acids is 2. The van der Waals surface area contributed by atoms with Crippen LogP contribution in [0.4, 0.5) is 4.79 Å². The van der Waals surface area contributed by atoms with Crippen LogP contribution in [0.5, 0.6) is 0 Å². The third-order valence-corrected chi connectivity index (χ3v) is 3.48. The van der Waals surface area contributed by atoms with Crippen LogP contribution in [0.25, 0.3) is 0 Å². The second-order valence-corrected chi connectivity index (χ2v) is 7.19. The number of hydrogen-bond acceptors (Lipinski definition) is 5. The van der Waals surface area contributed by atoms with Crippen molar-refractivity contribution < 1.29 is 19.1 Å². The Balaban J connectivity index is 2.51. The van der Waals surface area contributed by atoms with Crippen LogP contribution in [0.3, 0.4) is 0 Å². The summed E-state index contributed by atoms with van der Waals surface area (Å²) in [6.45, 7) is 10.7. The predicted octanol–water partition coefficient (Wildman–Crippen LogP) is 1.13. The summed E-state index contributed by atoms with van der Waals surface area (Å²) in [6.07, 6.45) is 0.391. The lowest BCUT2D eigenvalue weighted by atomic mass is 9.94. The van der Waals surface area contributed by atoms with Crippen LogP contribution in [0, 0.1) is 0 Å². The van der Waals surface area contributed by atoms with E-state index in [1.807, 2.05) is 34.6 Å². The molecule has 1 fully saturated rings. The Labute approximate surface area is 139 Å². The summed E-state index contributed by atoms with van der Waals surface area (Å²) in [5, 5.41) is 6.05. The quantitative estimate of drug-likeness (QED) is 0.732. The van der Waals surface area contributed by atoms with E-state index in [4.69, 9.17) is 9.47 Å². The first-order chi connectivity index (χ1) is 10.6. The second-order valence-electron chi connectivity index (χ2n) is 7.19. The molecule has 0 aromatic rings. The maximum absolute atomic E-state index is 12.2. The summed E-state index contributed by atoms with van der Waals surface area (Å²) in [5.74, 6) is -0.0405. The minimum absolute atomic E-state index is 0.0170. The number of carbonyl (C=O) groups is 2. The van der Waals surface area contributed by atoms with Crippen LogP contribution in [0.2, 0.25) is 0 Å². The zero-order chi connectivity index (χ0) is 17.6. The molecule has 1 aliphatic rings. The number of nitrogens with one attached hydrogen (secondary N) is 2. The Morgan fingerprint density at radius 1 is 1.30 bits per heavy atom. The molecule has 2 amide bonds. The molecule has 2 atom stereocenters. The van der Waals surface area contributed by atoms with Crippen molar-refractivity contribution in [2.24, 2.45) is 0 Å². The molecule has 0 saturated carbocycles. The summed E-state index contributed by atoms with van der Waals surface area (Å²) in [7, 11) is 1.63. The summed E-state index contributed by atoms with van der Waals surface area (Å²) in [4.78, 5) is 25.6. The van der Waals surface area contributed by atoms with Crippen molar-refractivity contribution in [3.63, 3.8) is 0 Å². The Bertz CT molecular complexity index is 407. The highest BCUT2D eigenvalue weighted by Crippen LogP contribution is 2.24. The van der Waals surface area contributed by atoms with Crippen molar-refractivity contribution in [3.05, 3.63) is 0 Å². The molecule has 2 N–H and O–H groups in total. The van der Waals surface area contributed by atoms with Crippen LogP contribution in [-0.2, 0) is 14.3 Å². The average Bonchev–Trinajstić information content (AvgIpc) is 2.34. The van der Waals surface area contributed by atoms with E-state index in [9.17, 15) is 9.59 Å². The molecule has 134 valence electrons. The molecule has 7 nitrogen and oxygen atoms in total. The Morgan fingerprint density at radius 2 is 1.96 bits per heavy atom. The monoisotopic (exact) mass is 329 g/mol. The molecule has 0 radical (unpaired) electrons. The molecule has 1 rings (SSSR count). The number of ether oxygens (including phenoxy) is 2. The fourth-order valence-corrected chi connectivity index (χ4v) is 2.47. The topological polar surface area (TPSA) is 79.9 Å². The minimum Gasteiger partial charge on any atom is -0.444 e.